The molecule has 0 saturated carbocycles. The number of halogens is 2. The highest BCUT2D eigenvalue weighted by Gasteiger charge is 2.19. The fourth-order valence-corrected chi connectivity index (χ4v) is 4.08. The van der Waals surface area contributed by atoms with Crippen LogP contribution in [-0.2, 0) is 17.9 Å². The van der Waals surface area contributed by atoms with Crippen molar-refractivity contribution in [3.63, 3.8) is 0 Å². The number of para-hydroxylation sites is 1. The maximum absolute atomic E-state index is 13.5. The lowest BCUT2D eigenvalue weighted by Gasteiger charge is -2.24. The molecule has 168 valence electrons. The van der Waals surface area contributed by atoms with Crippen LogP contribution in [0.5, 0.6) is 0 Å². The maximum Gasteiger partial charge on any atom is 0.249 e. The number of carbonyl (C=O) groups is 1. The number of benzene rings is 3. The summed E-state index contributed by atoms with van der Waals surface area (Å²) in [5.41, 5.74) is 5.19. The van der Waals surface area contributed by atoms with E-state index in [1.165, 1.54) is 0 Å². The first-order valence-corrected chi connectivity index (χ1v) is 11.4. The summed E-state index contributed by atoms with van der Waals surface area (Å²) in [6.45, 7) is 0.376. The molecule has 2 aromatic heterocycles. The van der Waals surface area contributed by atoms with Gasteiger partial charge in [0.2, 0.25) is 5.91 Å². The van der Waals surface area contributed by atoms with Gasteiger partial charge in [0.15, 0.2) is 0 Å². The topological polar surface area (TPSA) is 63.9 Å². The van der Waals surface area contributed by atoms with Gasteiger partial charge in [-0.2, -0.15) is 0 Å². The number of hydrogen-bond donors (Lipinski definition) is 0. The molecular weight excluding hydrogens is 469 g/mol. The van der Waals surface area contributed by atoms with Gasteiger partial charge in [-0.05, 0) is 59.2 Å². The van der Waals surface area contributed by atoms with Crippen LogP contribution < -0.4 is 4.90 Å². The third kappa shape index (κ3) is 4.64. The Hall–Kier alpha value is -3.74. The number of fused-ring (bicyclic) bond motifs is 1. The van der Waals surface area contributed by atoms with Gasteiger partial charge in [0, 0.05) is 18.1 Å². The van der Waals surface area contributed by atoms with Gasteiger partial charge >= 0.3 is 0 Å². The zero-order valence-electron chi connectivity index (χ0n) is 18.0. The molecule has 0 spiro atoms. The number of nitrogens with zero attached hydrogens (tertiary/aromatic N) is 5. The zero-order chi connectivity index (χ0) is 23.5. The second-order valence-corrected chi connectivity index (χ2v) is 8.57. The molecule has 0 unspecified atom stereocenters. The number of aromatic nitrogens is 4. The van der Waals surface area contributed by atoms with E-state index in [1.807, 2.05) is 72.9 Å². The predicted octanol–water partition coefficient (Wildman–Crippen LogP) is 6.03. The van der Waals surface area contributed by atoms with Crippen molar-refractivity contribution in [2.75, 3.05) is 4.90 Å². The van der Waals surface area contributed by atoms with Crippen LogP contribution in [0.15, 0.2) is 91.3 Å². The normalized spacial score (nSPS) is 11.0. The van der Waals surface area contributed by atoms with E-state index in [4.69, 9.17) is 23.2 Å². The Kier molecular flexibility index (Phi) is 6.25. The van der Waals surface area contributed by atoms with Crippen molar-refractivity contribution < 1.29 is 4.79 Å². The third-order valence-electron chi connectivity index (χ3n) is 5.50. The van der Waals surface area contributed by atoms with Crippen molar-refractivity contribution >= 4 is 45.8 Å². The molecule has 34 heavy (non-hydrogen) atoms. The highest BCUT2D eigenvalue weighted by atomic mass is 35.5. The highest BCUT2D eigenvalue weighted by molar-refractivity contribution is 6.42. The molecule has 8 heteroatoms. The van der Waals surface area contributed by atoms with Gasteiger partial charge in [0.1, 0.15) is 12.1 Å². The molecule has 1 amide bonds. The van der Waals surface area contributed by atoms with E-state index in [2.05, 4.69) is 15.3 Å². The molecule has 0 saturated heterocycles. The van der Waals surface area contributed by atoms with Crippen LogP contribution >= 0.6 is 23.2 Å². The highest BCUT2D eigenvalue weighted by Crippen LogP contribution is 2.27. The largest absolute Gasteiger partial charge is 0.306 e. The van der Waals surface area contributed by atoms with E-state index in [9.17, 15) is 4.79 Å². The standard InChI is InChI=1S/C26H19Cl2N5O/c27-22-12-7-18(14-23(22)28)16-32(21-10-8-19(9-11-21)20-4-3-13-29-15-20)26(34)17-33-25-6-2-1-5-24(25)30-31-33/h1-15H,16-17H2. The average Bonchev–Trinajstić information content (AvgIpc) is 3.28. The first kappa shape index (κ1) is 22.1. The van der Waals surface area contributed by atoms with Gasteiger partial charge in [-0.15, -0.1) is 5.10 Å². The molecule has 3 aromatic carbocycles. The van der Waals surface area contributed by atoms with Crippen molar-refractivity contribution in [2.24, 2.45) is 0 Å². The Balaban J connectivity index is 1.47. The second kappa shape index (κ2) is 9.63. The Labute approximate surface area is 206 Å². The second-order valence-electron chi connectivity index (χ2n) is 7.75. The van der Waals surface area contributed by atoms with Crippen LogP contribution in [0.4, 0.5) is 5.69 Å². The maximum atomic E-state index is 13.5. The van der Waals surface area contributed by atoms with Crippen molar-refractivity contribution in [3.8, 4) is 11.1 Å². The van der Waals surface area contributed by atoms with Crippen LogP contribution in [0.1, 0.15) is 5.56 Å². The number of amides is 1. The van der Waals surface area contributed by atoms with E-state index in [-0.39, 0.29) is 12.5 Å². The van der Waals surface area contributed by atoms with Gasteiger partial charge in [0.05, 0.1) is 22.1 Å². The SMILES string of the molecule is O=C(Cn1nnc2ccccc21)N(Cc1ccc(Cl)c(Cl)c1)c1ccc(-c2cccnc2)cc1. The minimum absolute atomic E-state index is 0.0478. The van der Waals surface area contributed by atoms with Gasteiger partial charge < -0.3 is 4.90 Å². The lowest BCUT2D eigenvalue weighted by Crippen LogP contribution is -2.33. The first-order valence-electron chi connectivity index (χ1n) is 10.6. The summed E-state index contributed by atoms with van der Waals surface area (Å²) in [5, 5.41) is 9.25. The van der Waals surface area contributed by atoms with Crippen molar-refractivity contribution in [1.82, 2.24) is 20.0 Å². The molecule has 2 heterocycles. The van der Waals surface area contributed by atoms with Crippen LogP contribution in [0.2, 0.25) is 10.0 Å². The molecule has 0 N–H and O–H groups in total. The van der Waals surface area contributed by atoms with Gasteiger partial charge in [-0.25, -0.2) is 4.68 Å². The number of hydrogen-bond acceptors (Lipinski definition) is 4. The number of rotatable bonds is 6. The summed E-state index contributed by atoms with van der Waals surface area (Å²) in [6, 6.07) is 24.6. The Bertz CT molecular complexity index is 1450. The van der Waals surface area contributed by atoms with E-state index < -0.39 is 0 Å². The summed E-state index contributed by atoms with van der Waals surface area (Å²) in [4.78, 5) is 19.4. The van der Waals surface area contributed by atoms with E-state index in [0.29, 0.717) is 16.6 Å². The molecule has 5 aromatic rings. The minimum atomic E-state index is -0.129. The molecule has 5 rings (SSSR count). The number of carbonyl (C=O) groups excluding carboxylic acids is 1. The third-order valence-corrected chi connectivity index (χ3v) is 6.24. The van der Waals surface area contributed by atoms with E-state index >= 15 is 0 Å². The predicted molar refractivity (Wildman–Crippen MR) is 135 cm³/mol. The van der Waals surface area contributed by atoms with Crippen LogP contribution in [-0.4, -0.2) is 25.9 Å². The molecule has 0 fully saturated rings. The summed E-state index contributed by atoms with van der Waals surface area (Å²) >= 11 is 12.3. The smallest absolute Gasteiger partial charge is 0.249 e. The zero-order valence-corrected chi connectivity index (χ0v) is 19.5. The van der Waals surface area contributed by atoms with Gasteiger partial charge in [0.25, 0.3) is 0 Å². The van der Waals surface area contributed by atoms with E-state index in [1.54, 1.807) is 27.9 Å². The van der Waals surface area contributed by atoms with Crippen LogP contribution in [0, 0.1) is 0 Å². The summed E-state index contributed by atoms with van der Waals surface area (Å²) in [6.07, 6.45) is 3.55. The molecule has 6 nitrogen and oxygen atoms in total. The summed E-state index contributed by atoms with van der Waals surface area (Å²) < 4.78 is 1.61. The lowest BCUT2D eigenvalue weighted by atomic mass is 10.1. The van der Waals surface area contributed by atoms with Gasteiger partial charge in [-0.1, -0.05) is 64.8 Å². The summed E-state index contributed by atoms with van der Waals surface area (Å²) in [5.74, 6) is -0.129. The fraction of sp³-hybridized carbons (Fsp3) is 0.0769. The Morgan fingerprint density at radius 3 is 2.47 bits per heavy atom. The van der Waals surface area contributed by atoms with Crippen molar-refractivity contribution in [3.05, 3.63) is 107 Å². The molecule has 0 bridgehead atoms. The van der Waals surface area contributed by atoms with Crippen molar-refractivity contribution in [1.29, 1.82) is 0 Å². The van der Waals surface area contributed by atoms with Gasteiger partial charge in [-0.3, -0.25) is 9.78 Å². The molecule has 0 aliphatic rings. The average molecular weight is 488 g/mol. The Morgan fingerprint density at radius 1 is 0.882 bits per heavy atom. The molecule has 0 aliphatic carbocycles. The lowest BCUT2D eigenvalue weighted by molar-refractivity contribution is -0.119. The number of pyridine rings is 1. The fourth-order valence-electron chi connectivity index (χ4n) is 3.76. The molecular formula is C26H19Cl2N5O. The quantitative estimate of drug-likeness (QED) is 0.293. The van der Waals surface area contributed by atoms with Crippen molar-refractivity contribution in [2.45, 2.75) is 13.1 Å². The molecule has 0 radical (unpaired) electrons. The molecule has 0 atom stereocenters. The first-order chi connectivity index (χ1) is 16.6. The Morgan fingerprint density at radius 2 is 1.71 bits per heavy atom. The van der Waals surface area contributed by atoms with Crippen LogP contribution in [0.25, 0.3) is 22.2 Å². The minimum Gasteiger partial charge on any atom is -0.306 e. The van der Waals surface area contributed by atoms with Crippen LogP contribution in [0.3, 0.4) is 0 Å². The number of anilines is 1. The van der Waals surface area contributed by atoms with E-state index in [0.717, 1.165) is 33.4 Å². The monoisotopic (exact) mass is 487 g/mol. The summed E-state index contributed by atoms with van der Waals surface area (Å²) in [7, 11) is 0. The molecule has 0 aliphatic heterocycles.